The van der Waals surface area contributed by atoms with E-state index in [0.29, 0.717) is 11.3 Å². The van der Waals surface area contributed by atoms with E-state index in [9.17, 15) is 9.59 Å². The number of hydrogen-bond acceptors (Lipinski definition) is 3. The first-order valence-electron chi connectivity index (χ1n) is 5.29. The smallest absolute Gasteiger partial charge is 0.356 e. The Morgan fingerprint density at radius 3 is 2.76 bits per heavy atom. The number of H-pyrrole nitrogens is 1. The number of fused-ring (bicyclic) bond motifs is 1. The fourth-order valence-corrected chi connectivity index (χ4v) is 1.45. The number of hydrogen-bond donors (Lipinski definition) is 1. The van der Waals surface area contributed by atoms with E-state index < -0.39 is 11.6 Å². The minimum atomic E-state index is -0.539. The van der Waals surface area contributed by atoms with Gasteiger partial charge >= 0.3 is 5.97 Å². The van der Waals surface area contributed by atoms with E-state index >= 15 is 0 Å². The number of carbonyl (C=O) groups is 1. The van der Waals surface area contributed by atoms with E-state index in [2.05, 4.69) is 4.98 Å². The number of carbonyl (C=O) groups excluding carboxylic acids is 1. The summed E-state index contributed by atoms with van der Waals surface area (Å²) in [6, 6.07) is 2.85. The highest BCUT2D eigenvalue weighted by atomic mass is 16.6. The van der Waals surface area contributed by atoms with Crippen molar-refractivity contribution in [3.8, 4) is 0 Å². The van der Waals surface area contributed by atoms with Crippen molar-refractivity contribution in [2.45, 2.75) is 26.4 Å². The molecule has 2 aromatic heterocycles. The molecule has 0 aromatic carbocycles. The van der Waals surface area contributed by atoms with Crippen molar-refractivity contribution in [2.75, 3.05) is 0 Å². The van der Waals surface area contributed by atoms with Crippen LogP contribution in [0, 0.1) is 0 Å². The van der Waals surface area contributed by atoms with Crippen LogP contribution >= 0.6 is 0 Å². The maximum atomic E-state index is 11.8. The second-order valence-electron chi connectivity index (χ2n) is 4.82. The Morgan fingerprint density at radius 2 is 2.12 bits per heavy atom. The Bertz CT molecular complexity index is 616. The highest BCUT2D eigenvalue weighted by molar-refractivity contribution is 5.88. The quantitative estimate of drug-likeness (QED) is 0.762. The minimum Gasteiger partial charge on any atom is -0.455 e. The number of rotatable bonds is 1. The minimum absolute atomic E-state index is 0.109. The van der Waals surface area contributed by atoms with Gasteiger partial charge < -0.3 is 14.1 Å². The molecule has 0 aliphatic heterocycles. The van der Waals surface area contributed by atoms with Crippen molar-refractivity contribution in [1.29, 1.82) is 0 Å². The fourth-order valence-electron chi connectivity index (χ4n) is 1.45. The van der Waals surface area contributed by atoms with Crippen LogP contribution in [-0.2, 0) is 4.74 Å². The molecule has 0 saturated carbocycles. The van der Waals surface area contributed by atoms with E-state index in [-0.39, 0.29) is 5.43 Å². The van der Waals surface area contributed by atoms with Crippen LogP contribution in [-0.4, -0.2) is 21.0 Å². The lowest BCUT2D eigenvalue weighted by Gasteiger charge is -2.18. The van der Waals surface area contributed by atoms with Crippen molar-refractivity contribution < 1.29 is 9.53 Å². The maximum absolute atomic E-state index is 11.8. The summed E-state index contributed by atoms with van der Waals surface area (Å²) < 4.78 is 6.89. The molecule has 1 N–H and O–H groups in total. The van der Waals surface area contributed by atoms with Gasteiger partial charge in [0.05, 0.1) is 0 Å². The van der Waals surface area contributed by atoms with Gasteiger partial charge in [0.25, 0.3) is 0 Å². The van der Waals surface area contributed by atoms with Gasteiger partial charge in [0.15, 0.2) is 5.43 Å². The average molecular weight is 234 g/mol. The van der Waals surface area contributed by atoms with Gasteiger partial charge in [-0.3, -0.25) is 4.79 Å². The van der Waals surface area contributed by atoms with Crippen LogP contribution in [0.15, 0.2) is 29.3 Å². The molecule has 90 valence electrons. The van der Waals surface area contributed by atoms with Gasteiger partial charge in [-0.05, 0) is 20.8 Å². The molecule has 2 rings (SSSR count). The van der Waals surface area contributed by atoms with Crippen LogP contribution in [0.25, 0.3) is 5.65 Å². The number of ether oxygens (including phenoxy) is 1. The number of aromatic nitrogens is 2. The molecular formula is C12H14N2O3. The highest BCUT2D eigenvalue weighted by Crippen LogP contribution is 2.11. The molecule has 0 fully saturated rings. The van der Waals surface area contributed by atoms with Crippen LogP contribution in [0.4, 0.5) is 0 Å². The van der Waals surface area contributed by atoms with Gasteiger partial charge in [-0.1, -0.05) is 0 Å². The van der Waals surface area contributed by atoms with Crippen molar-refractivity contribution in [1.82, 2.24) is 9.38 Å². The van der Waals surface area contributed by atoms with Gasteiger partial charge in [-0.2, -0.15) is 0 Å². The Balaban J connectivity index is 2.37. The Hall–Kier alpha value is -2.04. The van der Waals surface area contributed by atoms with Gasteiger partial charge in [-0.15, -0.1) is 0 Å². The van der Waals surface area contributed by atoms with E-state index in [0.717, 1.165) is 0 Å². The number of pyridine rings is 1. The normalized spacial score (nSPS) is 11.7. The van der Waals surface area contributed by atoms with Crippen LogP contribution in [0.3, 0.4) is 0 Å². The average Bonchev–Trinajstić information content (AvgIpc) is 2.57. The maximum Gasteiger partial charge on any atom is 0.356 e. The van der Waals surface area contributed by atoms with Crippen molar-refractivity contribution in [3.63, 3.8) is 0 Å². The molecule has 0 spiro atoms. The largest absolute Gasteiger partial charge is 0.455 e. The molecule has 0 aliphatic rings. The van der Waals surface area contributed by atoms with E-state index in [4.69, 9.17) is 4.74 Å². The molecule has 2 heterocycles. The highest BCUT2D eigenvalue weighted by Gasteiger charge is 2.19. The second kappa shape index (κ2) is 3.76. The summed E-state index contributed by atoms with van der Waals surface area (Å²) in [5.41, 5.74) is 0.245. The number of nitrogens with one attached hydrogen (secondary N) is 1. The van der Waals surface area contributed by atoms with E-state index in [1.54, 1.807) is 37.6 Å². The van der Waals surface area contributed by atoms with E-state index in [1.807, 2.05) is 0 Å². The van der Waals surface area contributed by atoms with Crippen molar-refractivity contribution in [2.24, 2.45) is 0 Å². The molecule has 0 amide bonds. The number of imidazole rings is 1. The topological polar surface area (TPSA) is 63.6 Å². The first-order valence-corrected chi connectivity index (χ1v) is 5.29. The lowest BCUT2D eigenvalue weighted by atomic mass is 10.2. The molecule has 5 heteroatoms. The van der Waals surface area contributed by atoms with Crippen molar-refractivity contribution in [3.05, 3.63) is 40.4 Å². The molecule has 0 unspecified atom stereocenters. The third-order valence-electron chi connectivity index (χ3n) is 2.11. The van der Waals surface area contributed by atoms with Gasteiger partial charge in [0, 0.05) is 24.5 Å². The summed E-state index contributed by atoms with van der Waals surface area (Å²) in [4.78, 5) is 25.8. The lowest BCUT2D eigenvalue weighted by Crippen LogP contribution is -2.24. The summed E-state index contributed by atoms with van der Waals surface area (Å²) in [6.07, 6.45) is 3.20. The second-order valence-corrected chi connectivity index (χ2v) is 4.82. The summed E-state index contributed by atoms with van der Waals surface area (Å²) in [6.45, 7) is 5.41. The van der Waals surface area contributed by atoms with Crippen LogP contribution in [0.1, 0.15) is 31.3 Å². The molecule has 0 aliphatic carbocycles. The molecule has 5 nitrogen and oxygen atoms in total. The lowest BCUT2D eigenvalue weighted by molar-refractivity contribution is 0.00636. The third-order valence-corrected chi connectivity index (χ3v) is 2.11. The van der Waals surface area contributed by atoms with Crippen molar-refractivity contribution >= 4 is 11.6 Å². The summed E-state index contributed by atoms with van der Waals surface area (Å²) in [7, 11) is 0. The molecular weight excluding hydrogens is 220 g/mol. The monoisotopic (exact) mass is 234 g/mol. The van der Waals surface area contributed by atoms with Crippen LogP contribution in [0.5, 0.6) is 0 Å². The molecule has 0 saturated heterocycles. The Kier molecular flexibility index (Phi) is 2.53. The zero-order chi connectivity index (χ0) is 12.6. The molecule has 2 aromatic rings. The van der Waals surface area contributed by atoms with Crippen LogP contribution < -0.4 is 5.43 Å². The standard InChI is InChI=1S/C12H14N2O3/c1-12(2,3)17-11(16)9-7-14-5-4-8(15)6-10(14)13-9/h4-7,13H,1-3H3. The number of esters is 1. The SMILES string of the molecule is CC(C)(C)OC(=O)c1cn2ccc(=O)cc2[nH]1. The molecule has 0 atom stereocenters. The third kappa shape index (κ3) is 2.55. The molecule has 17 heavy (non-hydrogen) atoms. The Morgan fingerprint density at radius 1 is 1.41 bits per heavy atom. The summed E-state index contributed by atoms with van der Waals surface area (Å²) >= 11 is 0. The number of nitrogens with zero attached hydrogens (tertiary/aromatic N) is 1. The zero-order valence-corrected chi connectivity index (χ0v) is 9.98. The molecule has 0 radical (unpaired) electrons. The van der Waals surface area contributed by atoms with Gasteiger partial charge in [-0.25, -0.2) is 4.79 Å². The Labute approximate surface area is 98.0 Å². The van der Waals surface area contributed by atoms with Crippen LogP contribution in [0.2, 0.25) is 0 Å². The van der Waals surface area contributed by atoms with E-state index in [1.165, 1.54) is 12.1 Å². The predicted octanol–water partition coefficient (Wildman–Crippen LogP) is 1.58. The summed E-state index contributed by atoms with van der Waals surface area (Å²) in [5.74, 6) is -0.436. The predicted molar refractivity (Wildman–Crippen MR) is 63.2 cm³/mol. The molecule has 0 bridgehead atoms. The fraction of sp³-hybridized carbons (Fsp3) is 0.333. The summed E-state index contributed by atoms with van der Waals surface area (Å²) in [5, 5.41) is 0. The first-order chi connectivity index (χ1) is 7.85. The van der Waals surface area contributed by atoms with Gasteiger partial charge in [0.1, 0.15) is 16.9 Å². The first kappa shape index (κ1) is 11.4. The number of aromatic amines is 1. The zero-order valence-electron chi connectivity index (χ0n) is 9.98. The van der Waals surface area contributed by atoms with Gasteiger partial charge in [0.2, 0.25) is 0 Å².